The molecule has 3 rings (SSSR count). The first-order chi connectivity index (χ1) is 11.9. The summed E-state index contributed by atoms with van der Waals surface area (Å²) in [6.45, 7) is 2.39. The summed E-state index contributed by atoms with van der Waals surface area (Å²) in [7, 11) is 1.55. The van der Waals surface area contributed by atoms with Crippen molar-refractivity contribution in [2.24, 2.45) is 7.05 Å². The minimum Gasteiger partial charge on any atom is -0.313 e. The third kappa shape index (κ3) is 3.34. The van der Waals surface area contributed by atoms with Crippen LogP contribution in [-0.2, 0) is 13.6 Å². The Balaban J connectivity index is 1.94. The molecule has 9 heteroatoms. The number of aromatic nitrogens is 4. The standard InChI is InChI=1S/C16H15BrN4O3S/c1-3-21-12-13(20(2)15(24)19-14(12)23)18-16(21)25-8-11(22)9-4-6-10(17)7-5-9/h4-7H,3,8H2,1-2H3,(H,19,23,24). The molecule has 0 aliphatic rings. The van der Waals surface area contributed by atoms with Crippen molar-refractivity contribution in [3.8, 4) is 0 Å². The fraction of sp³-hybridized carbons (Fsp3) is 0.250. The van der Waals surface area contributed by atoms with Crippen molar-refractivity contribution in [2.75, 3.05) is 5.75 Å². The number of aryl methyl sites for hydroxylation is 2. The van der Waals surface area contributed by atoms with Gasteiger partial charge in [-0.15, -0.1) is 0 Å². The molecule has 1 aromatic carbocycles. The number of hydrogen-bond acceptors (Lipinski definition) is 5. The van der Waals surface area contributed by atoms with Crippen LogP contribution in [0.25, 0.3) is 11.2 Å². The summed E-state index contributed by atoms with van der Waals surface area (Å²) >= 11 is 4.59. The van der Waals surface area contributed by atoms with Gasteiger partial charge in [0.05, 0.1) is 5.75 Å². The molecule has 25 heavy (non-hydrogen) atoms. The van der Waals surface area contributed by atoms with Gasteiger partial charge in [-0.2, -0.15) is 0 Å². The summed E-state index contributed by atoms with van der Waals surface area (Å²) in [6.07, 6.45) is 0. The molecular formula is C16H15BrN4O3S. The molecule has 0 bridgehead atoms. The number of hydrogen-bond donors (Lipinski definition) is 1. The lowest BCUT2D eigenvalue weighted by Gasteiger charge is -2.05. The van der Waals surface area contributed by atoms with Crippen LogP contribution in [0.5, 0.6) is 0 Å². The second-order valence-corrected chi connectivity index (χ2v) is 7.21. The summed E-state index contributed by atoms with van der Waals surface area (Å²) in [4.78, 5) is 42.9. The lowest BCUT2D eigenvalue weighted by Crippen LogP contribution is -2.29. The second kappa shape index (κ2) is 7.01. The Kier molecular flexibility index (Phi) is 4.96. The van der Waals surface area contributed by atoms with E-state index in [1.165, 1.54) is 16.3 Å². The molecule has 2 aromatic heterocycles. The van der Waals surface area contributed by atoms with Gasteiger partial charge in [-0.25, -0.2) is 9.78 Å². The van der Waals surface area contributed by atoms with Crippen molar-refractivity contribution < 1.29 is 4.79 Å². The van der Waals surface area contributed by atoms with Crippen LogP contribution in [0.15, 0.2) is 43.5 Å². The second-order valence-electron chi connectivity index (χ2n) is 5.35. The van der Waals surface area contributed by atoms with Gasteiger partial charge in [0.2, 0.25) is 0 Å². The molecule has 0 atom stereocenters. The van der Waals surface area contributed by atoms with Crippen molar-refractivity contribution in [2.45, 2.75) is 18.6 Å². The Morgan fingerprint density at radius 1 is 1.28 bits per heavy atom. The Morgan fingerprint density at radius 2 is 1.96 bits per heavy atom. The summed E-state index contributed by atoms with van der Waals surface area (Å²) in [5.41, 5.74) is 0.275. The smallest absolute Gasteiger partial charge is 0.313 e. The monoisotopic (exact) mass is 422 g/mol. The number of Topliss-reactive ketones (excluding diaryl/α,β-unsaturated/α-hetero) is 1. The van der Waals surface area contributed by atoms with Crippen LogP contribution >= 0.6 is 27.7 Å². The fourth-order valence-electron chi connectivity index (χ4n) is 2.47. The van der Waals surface area contributed by atoms with E-state index in [4.69, 9.17) is 0 Å². The zero-order valence-corrected chi connectivity index (χ0v) is 16.0. The molecule has 0 spiro atoms. The molecule has 0 amide bonds. The molecule has 7 nitrogen and oxygen atoms in total. The number of benzene rings is 1. The fourth-order valence-corrected chi connectivity index (χ4v) is 3.69. The van der Waals surface area contributed by atoms with Gasteiger partial charge < -0.3 is 4.57 Å². The van der Waals surface area contributed by atoms with Crippen LogP contribution < -0.4 is 11.2 Å². The molecule has 3 aromatic rings. The Hall–Kier alpha value is -2.13. The highest BCUT2D eigenvalue weighted by molar-refractivity contribution is 9.10. The maximum atomic E-state index is 12.3. The Bertz CT molecular complexity index is 1070. The number of rotatable bonds is 5. The molecule has 0 saturated heterocycles. The molecule has 0 saturated carbocycles. The number of nitrogens with one attached hydrogen (secondary N) is 1. The van der Waals surface area contributed by atoms with Gasteiger partial charge in [0.25, 0.3) is 5.56 Å². The molecule has 1 N–H and O–H groups in total. The number of aromatic amines is 1. The van der Waals surface area contributed by atoms with Crippen LogP contribution in [0.3, 0.4) is 0 Å². The Morgan fingerprint density at radius 3 is 2.60 bits per heavy atom. The number of halogens is 1. The van der Waals surface area contributed by atoms with Crippen molar-refractivity contribution >= 4 is 44.6 Å². The van der Waals surface area contributed by atoms with Gasteiger partial charge in [-0.05, 0) is 19.1 Å². The summed E-state index contributed by atoms with van der Waals surface area (Å²) in [6, 6.07) is 7.14. The average molecular weight is 423 g/mol. The number of thioether (sulfide) groups is 1. The summed E-state index contributed by atoms with van der Waals surface area (Å²) < 4.78 is 3.92. The van der Waals surface area contributed by atoms with E-state index in [9.17, 15) is 14.4 Å². The van der Waals surface area contributed by atoms with Crippen molar-refractivity contribution in [3.05, 3.63) is 55.1 Å². The average Bonchev–Trinajstić information content (AvgIpc) is 2.97. The van der Waals surface area contributed by atoms with Gasteiger partial charge in [-0.1, -0.05) is 39.8 Å². The molecule has 130 valence electrons. The third-order valence-corrected chi connectivity index (χ3v) is 5.29. The third-order valence-electron chi connectivity index (χ3n) is 3.79. The highest BCUT2D eigenvalue weighted by atomic mass is 79.9. The number of nitrogens with zero attached hydrogens (tertiary/aromatic N) is 3. The quantitative estimate of drug-likeness (QED) is 0.502. The van der Waals surface area contributed by atoms with Crippen LogP contribution in [0.4, 0.5) is 0 Å². The first-order valence-electron chi connectivity index (χ1n) is 7.53. The number of imidazole rings is 1. The van der Waals surface area contributed by atoms with Gasteiger partial charge in [0, 0.05) is 23.6 Å². The van der Waals surface area contributed by atoms with E-state index in [0.717, 1.165) is 4.47 Å². The van der Waals surface area contributed by atoms with E-state index in [1.54, 1.807) is 23.7 Å². The van der Waals surface area contributed by atoms with Gasteiger partial charge in [-0.3, -0.25) is 19.1 Å². The topological polar surface area (TPSA) is 89.8 Å². The summed E-state index contributed by atoms with van der Waals surface area (Å²) in [5.74, 6) is 0.159. The molecule has 0 unspecified atom stereocenters. The van der Waals surface area contributed by atoms with Crippen LogP contribution in [0.2, 0.25) is 0 Å². The van der Waals surface area contributed by atoms with E-state index < -0.39 is 11.2 Å². The minimum absolute atomic E-state index is 0.0324. The molecule has 0 aliphatic carbocycles. The van der Waals surface area contributed by atoms with Crippen LogP contribution in [-0.4, -0.2) is 30.6 Å². The predicted molar refractivity (Wildman–Crippen MR) is 100 cm³/mol. The molecule has 2 heterocycles. The largest absolute Gasteiger partial charge is 0.329 e. The highest BCUT2D eigenvalue weighted by Crippen LogP contribution is 2.22. The van der Waals surface area contributed by atoms with Crippen LogP contribution in [0.1, 0.15) is 17.3 Å². The maximum Gasteiger partial charge on any atom is 0.329 e. The van der Waals surface area contributed by atoms with Gasteiger partial charge >= 0.3 is 5.69 Å². The lowest BCUT2D eigenvalue weighted by atomic mass is 10.2. The molecular weight excluding hydrogens is 408 g/mol. The highest BCUT2D eigenvalue weighted by Gasteiger charge is 2.17. The molecule has 0 fully saturated rings. The van der Waals surface area contributed by atoms with Crippen molar-refractivity contribution in [3.63, 3.8) is 0 Å². The van der Waals surface area contributed by atoms with E-state index in [2.05, 4.69) is 25.9 Å². The zero-order chi connectivity index (χ0) is 18.1. The van der Waals surface area contributed by atoms with Crippen LogP contribution in [0, 0.1) is 0 Å². The number of fused-ring (bicyclic) bond motifs is 1. The number of carbonyl (C=O) groups is 1. The maximum absolute atomic E-state index is 12.3. The van der Waals surface area contributed by atoms with E-state index in [1.807, 2.05) is 19.1 Å². The number of H-pyrrole nitrogens is 1. The number of carbonyl (C=O) groups excluding carboxylic acids is 1. The Labute approximate surface area is 155 Å². The first kappa shape index (κ1) is 17.7. The van der Waals surface area contributed by atoms with Crippen molar-refractivity contribution in [1.29, 1.82) is 0 Å². The minimum atomic E-state index is -0.513. The summed E-state index contributed by atoms with van der Waals surface area (Å²) in [5, 5.41) is 0.537. The first-order valence-corrected chi connectivity index (χ1v) is 9.31. The van der Waals surface area contributed by atoms with Gasteiger partial charge in [0.1, 0.15) is 0 Å². The van der Waals surface area contributed by atoms with E-state index >= 15 is 0 Å². The molecule has 0 radical (unpaired) electrons. The van der Waals surface area contributed by atoms with Gasteiger partial charge in [0.15, 0.2) is 22.1 Å². The normalized spacial score (nSPS) is 11.2. The molecule has 0 aliphatic heterocycles. The predicted octanol–water partition coefficient (Wildman–Crippen LogP) is 2.18. The van der Waals surface area contributed by atoms with E-state index in [-0.39, 0.29) is 11.5 Å². The van der Waals surface area contributed by atoms with Crippen molar-refractivity contribution in [1.82, 2.24) is 19.1 Å². The SMILES string of the molecule is CCn1c(SCC(=O)c2ccc(Br)cc2)nc2c1c(=O)[nH]c(=O)n2C. The zero-order valence-electron chi connectivity index (χ0n) is 13.6. The van der Waals surface area contributed by atoms with E-state index in [0.29, 0.717) is 28.4 Å². The lowest BCUT2D eigenvalue weighted by molar-refractivity contribution is 0.102. The number of ketones is 1.